The molecule has 1 aromatic rings. The average molecular weight is 273 g/mol. The third kappa shape index (κ3) is 4.48. The number of alkyl carbamates (subject to hydrolysis) is 1. The number of benzene rings is 1. The highest BCUT2D eigenvalue weighted by atomic mass is 19.1. The number of halogens is 2. The van der Waals surface area contributed by atoms with E-state index in [9.17, 15) is 18.7 Å². The molecule has 6 heteroatoms. The van der Waals surface area contributed by atoms with Crippen LogP contribution in [0.3, 0.4) is 0 Å². The van der Waals surface area contributed by atoms with Crippen LogP contribution < -0.4 is 5.32 Å². The topological polar surface area (TPSA) is 58.6 Å². The summed E-state index contributed by atoms with van der Waals surface area (Å²) in [5.41, 5.74) is -1.13. The Bertz CT molecular complexity index is 437. The van der Waals surface area contributed by atoms with Gasteiger partial charge in [-0.25, -0.2) is 13.6 Å². The van der Waals surface area contributed by atoms with Crippen molar-refractivity contribution < 1.29 is 23.4 Å². The molecule has 0 radical (unpaired) electrons. The Morgan fingerprint density at radius 2 is 1.89 bits per heavy atom. The fourth-order valence-electron chi connectivity index (χ4n) is 1.50. The van der Waals surface area contributed by atoms with Gasteiger partial charge in [0, 0.05) is 5.56 Å². The first-order chi connectivity index (χ1) is 8.74. The van der Waals surface area contributed by atoms with E-state index in [1.165, 1.54) is 6.07 Å². The first kappa shape index (κ1) is 15.4. The molecule has 0 saturated heterocycles. The summed E-state index contributed by atoms with van der Waals surface area (Å²) in [5.74, 6) is -1.68. The van der Waals surface area contributed by atoms with Gasteiger partial charge in [0.15, 0.2) is 0 Å². The number of amides is 1. The largest absolute Gasteiger partial charge is 0.444 e. The van der Waals surface area contributed by atoms with Crippen molar-refractivity contribution in [3.63, 3.8) is 0 Å². The summed E-state index contributed by atoms with van der Waals surface area (Å²) in [6.07, 6.45) is -0.853. The van der Waals surface area contributed by atoms with Crippen molar-refractivity contribution in [1.29, 1.82) is 0 Å². The second-order valence-corrected chi connectivity index (χ2v) is 5.02. The number of carbonyl (C=O) groups is 1. The zero-order valence-electron chi connectivity index (χ0n) is 11.0. The lowest BCUT2D eigenvalue weighted by molar-refractivity contribution is 0.0479. The van der Waals surface area contributed by atoms with E-state index in [2.05, 4.69) is 5.32 Å². The normalized spacial score (nSPS) is 12.9. The second kappa shape index (κ2) is 5.97. The fraction of sp³-hybridized carbons (Fsp3) is 0.462. The highest BCUT2D eigenvalue weighted by Gasteiger charge is 2.24. The van der Waals surface area contributed by atoms with Gasteiger partial charge in [-0.15, -0.1) is 0 Å². The van der Waals surface area contributed by atoms with Gasteiger partial charge in [-0.2, -0.15) is 0 Å². The van der Waals surface area contributed by atoms with Gasteiger partial charge in [0.2, 0.25) is 0 Å². The Morgan fingerprint density at radius 3 is 2.32 bits per heavy atom. The standard InChI is InChI=1S/C13H17F2NO3/c1-13(2,3)19-12(18)16-10(7-17)11-8(14)5-4-6-9(11)15/h4-6,10,17H,7H2,1-3H3,(H,16,18). The van der Waals surface area contributed by atoms with Crippen molar-refractivity contribution in [3.8, 4) is 0 Å². The van der Waals surface area contributed by atoms with Crippen molar-refractivity contribution >= 4 is 6.09 Å². The Balaban J connectivity index is 2.87. The van der Waals surface area contributed by atoms with Gasteiger partial charge in [-0.1, -0.05) is 6.07 Å². The Hall–Kier alpha value is -1.69. The van der Waals surface area contributed by atoms with Crippen LogP contribution in [0.4, 0.5) is 13.6 Å². The van der Waals surface area contributed by atoms with E-state index in [0.717, 1.165) is 12.1 Å². The molecule has 0 spiro atoms. The predicted octanol–water partition coefficient (Wildman–Crippen LogP) is 2.52. The van der Waals surface area contributed by atoms with Gasteiger partial charge in [-0.3, -0.25) is 0 Å². The minimum Gasteiger partial charge on any atom is -0.444 e. The molecule has 1 atom stereocenters. The molecule has 1 aromatic carbocycles. The molecule has 4 nitrogen and oxygen atoms in total. The van der Waals surface area contributed by atoms with Crippen molar-refractivity contribution in [3.05, 3.63) is 35.4 Å². The van der Waals surface area contributed by atoms with E-state index in [1.807, 2.05) is 0 Å². The van der Waals surface area contributed by atoms with Crippen molar-refractivity contribution in [2.45, 2.75) is 32.4 Å². The Morgan fingerprint density at radius 1 is 1.37 bits per heavy atom. The van der Waals surface area contributed by atoms with Crippen molar-refractivity contribution in [2.75, 3.05) is 6.61 Å². The quantitative estimate of drug-likeness (QED) is 0.889. The summed E-state index contributed by atoms with van der Waals surface area (Å²) in [4.78, 5) is 11.5. The van der Waals surface area contributed by atoms with Crippen LogP contribution in [0.5, 0.6) is 0 Å². The smallest absolute Gasteiger partial charge is 0.408 e. The van der Waals surface area contributed by atoms with Crippen LogP contribution >= 0.6 is 0 Å². The van der Waals surface area contributed by atoms with Gasteiger partial charge in [0.1, 0.15) is 17.2 Å². The van der Waals surface area contributed by atoms with Gasteiger partial charge >= 0.3 is 6.09 Å². The SMILES string of the molecule is CC(C)(C)OC(=O)NC(CO)c1c(F)cccc1F. The molecule has 19 heavy (non-hydrogen) atoms. The molecule has 0 aliphatic carbocycles. The van der Waals surface area contributed by atoms with Crippen LogP contribution in [0.2, 0.25) is 0 Å². The number of hydrogen-bond acceptors (Lipinski definition) is 3. The molecule has 106 valence electrons. The zero-order valence-corrected chi connectivity index (χ0v) is 11.0. The van der Waals surface area contributed by atoms with Crippen LogP contribution in [-0.2, 0) is 4.74 Å². The van der Waals surface area contributed by atoms with E-state index in [0.29, 0.717) is 0 Å². The fourth-order valence-corrected chi connectivity index (χ4v) is 1.50. The summed E-state index contributed by atoms with van der Waals surface area (Å²) in [5, 5.41) is 11.4. The number of rotatable bonds is 3. The molecule has 0 bridgehead atoms. The molecular weight excluding hydrogens is 256 g/mol. The Labute approximate surface area is 110 Å². The maximum atomic E-state index is 13.5. The van der Waals surface area contributed by atoms with E-state index in [1.54, 1.807) is 20.8 Å². The number of nitrogens with one attached hydrogen (secondary N) is 1. The van der Waals surface area contributed by atoms with Crippen LogP contribution in [0.1, 0.15) is 32.4 Å². The van der Waals surface area contributed by atoms with E-state index in [4.69, 9.17) is 4.74 Å². The first-order valence-corrected chi connectivity index (χ1v) is 5.79. The monoisotopic (exact) mass is 273 g/mol. The van der Waals surface area contributed by atoms with Crippen LogP contribution in [0.25, 0.3) is 0 Å². The van der Waals surface area contributed by atoms with Crippen LogP contribution in [-0.4, -0.2) is 23.4 Å². The average Bonchev–Trinajstić information content (AvgIpc) is 2.24. The number of hydrogen-bond donors (Lipinski definition) is 2. The molecular formula is C13H17F2NO3. The first-order valence-electron chi connectivity index (χ1n) is 5.79. The molecule has 0 heterocycles. The minimum absolute atomic E-state index is 0.393. The van der Waals surface area contributed by atoms with E-state index in [-0.39, 0.29) is 0 Å². The second-order valence-electron chi connectivity index (χ2n) is 5.02. The lowest BCUT2D eigenvalue weighted by atomic mass is 10.1. The third-order valence-electron chi connectivity index (χ3n) is 2.22. The maximum absolute atomic E-state index is 13.5. The molecule has 0 aromatic heterocycles. The van der Waals surface area contributed by atoms with Crippen LogP contribution in [0.15, 0.2) is 18.2 Å². The van der Waals surface area contributed by atoms with Gasteiger partial charge in [-0.05, 0) is 32.9 Å². The van der Waals surface area contributed by atoms with Gasteiger partial charge in [0.25, 0.3) is 0 Å². The molecule has 1 amide bonds. The number of aliphatic hydroxyl groups excluding tert-OH is 1. The number of ether oxygens (including phenoxy) is 1. The maximum Gasteiger partial charge on any atom is 0.408 e. The molecule has 0 fully saturated rings. The minimum atomic E-state index is -1.20. The van der Waals surface area contributed by atoms with Crippen molar-refractivity contribution in [1.82, 2.24) is 5.32 Å². The summed E-state index contributed by atoms with van der Waals surface area (Å²) in [6, 6.07) is 2.11. The highest BCUT2D eigenvalue weighted by molar-refractivity contribution is 5.68. The Kier molecular flexibility index (Phi) is 4.83. The molecule has 0 aliphatic rings. The summed E-state index contributed by atoms with van der Waals surface area (Å²) in [6.45, 7) is 4.33. The third-order valence-corrected chi connectivity index (χ3v) is 2.22. The predicted molar refractivity (Wildman–Crippen MR) is 65.6 cm³/mol. The molecule has 1 rings (SSSR count). The molecule has 1 unspecified atom stereocenters. The zero-order chi connectivity index (χ0) is 14.6. The molecule has 0 aliphatic heterocycles. The number of aliphatic hydroxyl groups is 1. The lowest BCUT2D eigenvalue weighted by Crippen LogP contribution is -2.37. The summed E-state index contributed by atoms with van der Waals surface area (Å²) >= 11 is 0. The summed E-state index contributed by atoms with van der Waals surface area (Å²) < 4.78 is 32.0. The summed E-state index contributed by atoms with van der Waals surface area (Å²) in [7, 11) is 0. The van der Waals surface area contributed by atoms with Gasteiger partial charge < -0.3 is 15.2 Å². The number of carbonyl (C=O) groups excluding carboxylic acids is 1. The van der Waals surface area contributed by atoms with E-state index >= 15 is 0 Å². The van der Waals surface area contributed by atoms with Crippen LogP contribution in [0, 0.1) is 11.6 Å². The van der Waals surface area contributed by atoms with Crippen molar-refractivity contribution in [2.24, 2.45) is 0 Å². The lowest BCUT2D eigenvalue weighted by Gasteiger charge is -2.23. The van der Waals surface area contributed by atoms with Gasteiger partial charge in [0.05, 0.1) is 12.6 Å². The highest BCUT2D eigenvalue weighted by Crippen LogP contribution is 2.21. The molecule has 2 N–H and O–H groups in total. The molecule has 0 saturated carbocycles. The van der Waals surface area contributed by atoms with E-state index < -0.39 is 41.5 Å².